The lowest BCUT2D eigenvalue weighted by atomic mass is 10.2. The molecule has 0 unspecified atom stereocenters. The number of benzene rings is 2. The van der Waals surface area contributed by atoms with Crippen molar-refractivity contribution < 1.29 is 9.53 Å². The Morgan fingerprint density at radius 3 is 2.11 bits per heavy atom. The van der Waals surface area contributed by atoms with Crippen molar-refractivity contribution >= 4 is 28.8 Å². The molecule has 0 atom stereocenters. The monoisotopic (exact) mass is 363 g/mol. The highest BCUT2D eigenvalue weighted by atomic mass is 16.5. The van der Waals surface area contributed by atoms with Crippen LogP contribution in [0.1, 0.15) is 10.5 Å². The van der Waals surface area contributed by atoms with Gasteiger partial charge in [0.1, 0.15) is 5.75 Å². The Bertz CT molecular complexity index is 891. The molecular weight excluding hydrogens is 342 g/mol. The highest BCUT2D eigenvalue weighted by Crippen LogP contribution is 2.19. The van der Waals surface area contributed by atoms with E-state index in [4.69, 9.17) is 4.74 Å². The molecule has 0 aliphatic rings. The van der Waals surface area contributed by atoms with Crippen molar-refractivity contribution in [3.63, 3.8) is 0 Å². The van der Waals surface area contributed by atoms with Crippen molar-refractivity contribution in [2.75, 3.05) is 36.7 Å². The summed E-state index contributed by atoms with van der Waals surface area (Å²) in [6.07, 6.45) is 0. The van der Waals surface area contributed by atoms with E-state index in [1.54, 1.807) is 19.2 Å². The van der Waals surface area contributed by atoms with Crippen molar-refractivity contribution in [1.82, 2.24) is 10.2 Å². The molecule has 0 fully saturated rings. The minimum Gasteiger partial charge on any atom is -0.497 e. The minimum atomic E-state index is -0.309. The van der Waals surface area contributed by atoms with Crippen LogP contribution >= 0.6 is 0 Å². The highest BCUT2D eigenvalue weighted by Gasteiger charge is 2.09. The quantitative estimate of drug-likeness (QED) is 0.697. The number of ether oxygens (including phenoxy) is 1. The van der Waals surface area contributed by atoms with Crippen molar-refractivity contribution in [2.24, 2.45) is 0 Å². The molecule has 3 aromatic rings. The molecule has 7 nitrogen and oxygen atoms in total. The topological polar surface area (TPSA) is 79.4 Å². The number of carbonyl (C=O) groups excluding carboxylic acids is 1. The second-order valence-corrected chi connectivity index (χ2v) is 6.05. The minimum absolute atomic E-state index is 0.243. The molecular formula is C20H21N5O2. The lowest BCUT2D eigenvalue weighted by Gasteiger charge is -2.13. The number of nitrogens with zero attached hydrogens (tertiary/aromatic N) is 3. The predicted octanol–water partition coefficient (Wildman–Crippen LogP) is 3.55. The van der Waals surface area contributed by atoms with E-state index < -0.39 is 0 Å². The molecule has 1 aromatic heterocycles. The number of anilines is 4. The number of hydrogen-bond donors (Lipinski definition) is 2. The summed E-state index contributed by atoms with van der Waals surface area (Å²) in [6, 6.07) is 18.3. The summed E-state index contributed by atoms with van der Waals surface area (Å²) in [5.41, 5.74) is 2.85. The van der Waals surface area contributed by atoms with E-state index in [1.165, 1.54) is 0 Å². The third-order valence-electron chi connectivity index (χ3n) is 3.90. The van der Waals surface area contributed by atoms with Gasteiger partial charge in [-0.1, -0.05) is 0 Å². The standard InChI is InChI=1S/C20H21N5O2/c1-25(2)16-8-4-15(5-9-16)22-20(26)18-12-13-19(24-23-18)21-14-6-10-17(27-3)11-7-14/h4-13H,1-3H3,(H,21,24)(H,22,26). The van der Waals surface area contributed by atoms with Crippen LogP contribution in [0.4, 0.5) is 22.9 Å². The molecule has 2 N–H and O–H groups in total. The largest absolute Gasteiger partial charge is 0.497 e. The molecule has 27 heavy (non-hydrogen) atoms. The van der Waals surface area contributed by atoms with Gasteiger partial charge >= 0.3 is 0 Å². The summed E-state index contributed by atoms with van der Waals surface area (Å²) in [5, 5.41) is 14.0. The fourth-order valence-corrected chi connectivity index (χ4v) is 2.38. The van der Waals surface area contributed by atoms with Crippen LogP contribution in [0.5, 0.6) is 5.75 Å². The number of nitrogens with one attached hydrogen (secondary N) is 2. The Labute approximate surface area is 158 Å². The third kappa shape index (κ3) is 4.72. The average Bonchev–Trinajstić information content (AvgIpc) is 2.69. The molecule has 1 amide bonds. The van der Waals surface area contributed by atoms with Gasteiger partial charge in [-0.15, -0.1) is 10.2 Å². The van der Waals surface area contributed by atoms with Gasteiger partial charge in [0, 0.05) is 31.2 Å². The Kier molecular flexibility index (Phi) is 5.51. The van der Waals surface area contributed by atoms with E-state index in [1.807, 2.05) is 67.5 Å². The highest BCUT2D eigenvalue weighted by molar-refractivity contribution is 6.02. The molecule has 0 spiro atoms. The van der Waals surface area contributed by atoms with Gasteiger partial charge < -0.3 is 20.3 Å². The SMILES string of the molecule is COc1ccc(Nc2ccc(C(=O)Nc3ccc(N(C)C)cc3)nn2)cc1. The number of methoxy groups -OCH3 is 1. The second kappa shape index (κ2) is 8.18. The Morgan fingerprint density at radius 1 is 0.889 bits per heavy atom. The summed E-state index contributed by atoms with van der Waals surface area (Å²) < 4.78 is 5.13. The van der Waals surface area contributed by atoms with Crippen LogP contribution in [-0.2, 0) is 0 Å². The average molecular weight is 363 g/mol. The zero-order chi connectivity index (χ0) is 19.2. The van der Waals surface area contributed by atoms with Gasteiger partial charge in [0.25, 0.3) is 5.91 Å². The van der Waals surface area contributed by atoms with E-state index in [0.717, 1.165) is 17.1 Å². The van der Waals surface area contributed by atoms with Crippen LogP contribution in [0.2, 0.25) is 0 Å². The summed E-state index contributed by atoms with van der Waals surface area (Å²) in [6.45, 7) is 0. The predicted molar refractivity (Wildman–Crippen MR) is 107 cm³/mol. The number of carbonyl (C=O) groups is 1. The van der Waals surface area contributed by atoms with Gasteiger partial charge in [0.05, 0.1) is 7.11 Å². The smallest absolute Gasteiger partial charge is 0.276 e. The molecule has 7 heteroatoms. The number of aromatic nitrogens is 2. The maximum absolute atomic E-state index is 12.3. The number of hydrogen-bond acceptors (Lipinski definition) is 6. The first-order valence-corrected chi connectivity index (χ1v) is 8.39. The van der Waals surface area contributed by atoms with E-state index in [9.17, 15) is 4.79 Å². The van der Waals surface area contributed by atoms with Crippen molar-refractivity contribution in [3.8, 4) is 5.75 Å². The molecule has 0 aliphatic heterocycles. The lowest BCUT2D eigenvalue weighted by molar-refractivity contribution is 0.102. The molecule has 0 saturated heterocycles. The van der Waals surface area contributed by atoms with Gasteiger partial charge in [-0.25, -0.2) is 0 Å². The summed E-state index contributed by atoms with van der Waals surface area (Å²) in [7, 11) is 5.55. The number of rotatable bonds is 6. The van der Waals surface area contributed by atoms with Crippen LogP contribution in [0.15, 0.2) is 60.7 Å². The third-order valence-corrected chi connectivity index (χ3v) is 3.90. The maximum Gasteiger partial charge on any atom is 0.276 e. The summed E-state index contributed by atoms with van der Waals surface area (Å²) >= 11 is 0. The van der Waals surface area contributed by atoms with Crippen molar-refractivity contribution in [2.45, 2.75) is 0 Å². The molecule has 0 saturated carbocycles. The fraction of sp³-hybridized carbons (Fsp3) is 0.150. The van der Waals surface area contributed by atoms with Crippen molar-refractivity contribution in [3.05, 3.63) is 66.4 Å². The van der Waals surface area contributed by atoms with Gasteiger partial charge in [-0.2, -0.15) is 0 Å². The summed E-state index contributed by atoms with van der Waals surface area (Å²) in [5.74, 6) is 1.01. The Balaban J connectivity index is 1.62. The van der Waals surface area contributed by atoms with Crippen LogP contribution in [-0.4, -0.2) is 37.3 Å². The molecule has 0 aliphatic carbocycles. The van der Waals surface area contributed by atoms with Gasteiger partial charge in [-0.3, -0.25) is 4.79 Å². The second-order valence-electron chi connectivity index (χ2n) is 6.05. The lowest BCUT2D eigenvalue weighted by Crippen LogP contribution is -2.15. The normalized spacial score (nSPS) is 10.2. The number of amides is 1. The molecule has 3 rings (SSSR count). The van der Waals surface area contributed by atoms with E-state index in [0.29, 0.717) is 11.5 Å². The summed E-state index contributed by atoms with van der Waals surface area (Å²) in [4.78, 5) is 14.3. The van der Waals surface area contributed by atoms with Crippen LogP contribution in [0.25, 0.3) is 0 Å². The first kappa shape index (κ1) is 18.2. The van der Waals surface area contributed by atoms with Crippen LogP contribution < -0.4 is 20.3 Å². The zero-order valence-corrected chi connectivity index (χ0v) is 15.4. The zero-order valence-electron chi connectivity index (χ0n) is 15.4. The fourth-order valence-electron chi connectivity index (χ4n) is 2.38. The van der Waals surface area contributed by atoms with Crippen LogP contribution in [0.3, 0.4) is 0 Å². The first-order valence-electron chi connectivity index (χ1n) is 8.39. The first-order chi connectivity index (χ1) is 13.0. The maximum atomic E-state index is 12.3. The van der Waals surface area contributed by atoms with E-state index in [2.05, 4.69) is 20.8 Å². The van der Waals surface area contributed by atoms with E-state index in [-0.39, 0.29) is 11.6 Å². The van der Waals surface area contributed by atoms with Gasteiger partial charge in [0.15, 0.2) is 11.5 Å². The Hall–Kier alpha value is -3.61. The Morgan fingerprint density at radius 2 is 1.56 bits per heavy atom. The van der Waals surface area contributed by atoms with Crippen molar-refractivity contribution in [1.29, 1.82) is 0 Å². The van der Waals surface area contributed by atoms with Crippen LogP contribution in [0, 0.1) is 0 Å². The molecule has 138 valence electrons. The molecule has 2 aromatic carbocycles. The van der Waals surface area contributed by atoms with Gasteiger partial charge in [-0.05, 0) is 60.7 Å². The molecule has 0 bridgehead atoms. The molecule has 1 heterocycles. The van der Waals surface area contributed by atoms with E-state index >= 15 is 0 Å². The molecule has 0 radical (unpaired) electrons. The van der Waals surface area contributed by atoms with Gasteiger partial charge in [0.2, 0.25) is 0 Å².